The summed E-state index contributed by atoms with van der Waals surface area (Å²) in [5, 5.41) is 25.5. The van der Waals surface area contributed by atoms with E-state index in [0.717, 1.165) is 48.4 Å². The van der Waals surface area contributed by atoms with Gasteiger partial charge in [-0.3, -0.25) is 0 Å². The summed E-state index contributed by atoms with van der Waals surface area (Å²) in [6, 6.07) is 30.0. The average Bonchev–Trinajstić information content (AvgIpc) is 3.37. The standard InChI is InChI=1S/C29H26FN5O/c30-25-13-11-21(12-14-25)28-32-31-26-15-16-27(33-35(26)28)34-19-17-24(18-20-34)29(36,22-7-3-1-4-8-22)23-9-5-2-6-10-23/h1-16,24,36H,17-20H2. The molecule has 180 valence electrons. The highest BCUT2D eigenvalue weighted by Crippen LogP contribution is 2.42. The Bertz CT molecular complexity index is 1420. The van der Waals surface area contributed by atoms with E-state index in [-0.39, 0.29) is 11.7 Å². The fraction of sp³-hybridized carbons (Fsp3) is 0.207. The summed E-state index contributed by atoms with van der Waals surface area (Å²) in [4.78, 5) is 2.24. The van der Waals surface area contributed by atoms with Gasteiger partial charge in [0.2, 0.25) is 0 Å². The highest BCUT2D eigenvalue weighted by atomic mass is 19.1. The van der Waals surface area contributed by atoms with Gasteiger partial charge >= 0.3 is 0 Å². The topological polar surface area (TPSA) is 66.5 Å². The number of halogens is 1. The van der Waals surface area contributed by atoms with E-state index in [0.29, 0.717) is 11.5 Å². The first-order valence-electron chi connectivity index (χ1n) is 12.2. The SMILES string of the molecule is OC(c1ccccc1)(c1ccccc1)C1CCN(c2ccc3nnc(-c4ccc(F)cc4)n3n2)CC1. The van der Waals surface area contributed by atoms with Crippen molar-refractivity contribution in [3.05, 3.63) is 114 Å². The van der Waals surface area contributed by atoms with Gasteiger partial charge in [0.25, 0.3) is 0 Å². The molecule has 2 aromatic heterocycles. The lowest BCUT2D eigenvalue weighted by molar-refractivity contribution is 0.00499. The van der Waals surface area contributed by atoms with Crippen molar-refractivity contribution in [1.82, 2.24) is 19.8 Å². The predicted molar refractivity (Wildman–Crippen MR) is 137 cm³/mol. The highest BCUT2D eigenvalue weighted by molar-refractivity contribution is 5.59. The maximum absolute atomic E-state index is 13.4. The van der Waals surface area contributed by atoms with Crippen molar-refractivity contribution >= 4 is 11.5 Å². The van der Waals surface area contributed by atoms with Crippen molar-refractivity contribution in [3.8, 4) is 11.4 Å². The number of hydrogen-bond acceptors (Lipinski definition) is 5. The van der Waals surface area contributed by atoms with Crippen molar-refractivity contribution in [1.29, 1.82) is 0 Å². The van der Waals surface area contributed by atoms with Crippen LogP contribution in [0.15, 0.2) is 97.1 Å². The number of aromatic nitrogens is 4. The first-order valence-corrected chi connectivity index (χ1v) is 12.2. The van der Waals surface area contributed by atoms with Gasteiger partial charge in [-0.05, 0) is 66.3 Å². The van der Waals surface area contributed by atoms with E-state index in [9.17, 15) is 9.50 Å². The van der Waals surface area contributed by atoms with Crippen molar-refractivity contribution < 1.29 is 9.50 Å². The fourth-order valence-corrected chi connectivity index (χ4v) is 5.28. The minimum Gasteiger partial charge on any atom is -0.380 e. The zero-order chi connectivity index (χ0) is 24.5. The molecule has 3 aromatic carbocycles. The molecule has 0 radical (unpaired) electrons. The summed E-state index contributed by atoms with van der Waals surface area (Å²) in [5.41, 5.74) is 2.17. The van der Waals surface area contributed by atoms with Gasteiger partial charge in [0.05, 0.1) is 0 Å². The van der Waals surface area contributed by atoms with E-state index in [2.05, 4.69) is 15.1 Å². The van der Waals surface area contributed by atoms with Crippen molar-refractivity contribution in [2.75, 3.05) is 18.0 Å². The van der Waals surface area contributed by atoms with Gasteiger partial charge in [-0.25, -0.2) is 4.39 Å². The second-order valence-electron chi connectivity index (χ2n) is 9.25. The van der Waals surface area contributed by atoms with Gasteiger partial charge in [0.15, 0.2) is 11.5 Å². The van der Waals surface area contributed by atoms with Crippen LogP contribution in [0.5, 0.6) is 0 Å². The van der Waals surface area contributed by atoms with Crippen LogP contribution in [0.3, 0.4) is 0 Å². The van der Waals surface area contributed by atoms with Crippen LogP contribution in [0.2, 0.25) is 0 Å². The molecule has 1 saturated heterocycles. The molecular formula is C29H26FN5O. The van der Waals surface area contributed by atoms with E-state index in [1.165, 1.54) is 12.1 Å². The lowest BCUT2D eigenvalue weighted by Crippen LogP contribution is -2.44. The number of rotatable bonds is 5. The van der Waals surface area contributed by atoms with E-state index in [4.69, 9.17) is 5.10 Å². The summed E-state index contributed by atoms with van der Waals surface area (Å²) in [5.74, 6) is 1.17. The maximum Gasteiger partial charge on any atom is 0.185 e. The third-order valence-electron chi connectivity index (χ3n) is 7.19. The van der Waals surface area contributed by atoms with Gasteiger partial charge in [0.1, 0.15) is 17.2 Å². The monoisotopic (exact) mass is 479 g/mol. The zero-order valence-electron chi connectivity index (χ0n) is 19.7. The number of piperidine rings is 1. The molecule has 0 saturated carbocycles. The maximum atomic E-state index is 13.4. The van der Waals surface area contributed by atoms with Gasteiger partial charge in [-0.1, -0.05) is 60.7 Å². The molecule has 0 amide bonds. The Kier molecular flexibility index (Phi) is 5.70. The molecule has 0 spiro atoms. The summed E-state index contributed by atoms with van der Waals surface area (Å²) in [6.45, 7) is 1.53. The van der Waals surface area contributed by atoms with Crippen LogP contribution in [0.25, 0.3) is 17.0 Å². The minimum absolute atomic E-state index is 0.0620. The molecule has 7 heteroatoms. The molecular weight excluding hydrogens is 453 g/mol. The Morgan fingerprint density at radius 2 is 1.36 bits per heavy atom. The Labute approximate surface area is 208 Å². The first-order chi connectivity index (χ1) is 17.6. The normalized spacial score (nSPS) is 14.9. The fourth-order valence-electron chi connectivity index (χ4n) is 5.28. The number of hydrogen-bond donors (Lipinski definition) is 1. The molecule has 36 heavy (non-hydrogen) atoms. The van der Waals surface area contributed by atoms with Crippen LogP contribution in [0, 0.1) is 11.7 Å². The van der Waals surface area contributed by atoms with Crippen LogP contribution in [-0.2, 0) is 5.60 Å². The number of anilines is 1. The van der Waals surface area contributed by atoms with E-state index in [1.54, 1.807) is 16.6 Å². The molecule has 1 N–H and O–H groups in total. The van der Waals surface area contributed by atoms with Crippen molar-refractivity contribution in [3.63, 3.8) is 0 Å². The molecule has 1 aliphatic rings. The third kappa shape index (κ3) is 3.91. The lowest BCUT2D eigenvalue weighted by atomic mass is 9.72. The Morgan fingerprint density at radius 3 is 1.97 bits per heavy atom. The quantitative estimate of drug-likeness (QED) is 0.381. The predicted octanol–water partition coefficient (Wildman–Crippen LogP) is 5.08. The van der Waals surface area contributed by atoms with Crippen molar-refractivity contribution in [2.24, 2.45) is 5.92 Å². The summed E-state index contributed by atoms with van der Waals surface area (Å²) in [6.07, 6.45) is 1.63. The average molecular weight is 480 g/mol. The summed E-state index contributed by atoms with van der Waals surface area (Å²) < 4.78 is 15.1. The molecule has 0 atom stereocenters. The Balaban J connectivity index is 1.27. The van der Waals surface area contributed by atoms with Gasteiger partial charge < -0.3 is 10.0 Å². The number of nitrogens with zero attached hydrogens (tertiary/aromatic N) is 5. The molecule has 6 nitrogen and oxygen atoms in total. The van der Waals surface area contributed by atoms with E-state index < -0.39 is 5.60 Å². The van der Waals surface area contributed by atoms with E-state index in [1.807, 2.05) is 72.8 Å². The van der Waals surface area contributed by atoms with Gasteiger partial charge in [-0.2, -0.15) is 4.52 Å². The number of fused-ring (bicyclic) bond motifs is 1. The summed E-state index contributed by atoms with van der Waals surface area (Å²) >= 11 is 0. The number of benzene rings is 3. The van der Waals surface area contributed by atoms with Crippen molar-refractivity contribution in [2.45, 2.75) is 18.4 Å². The first kappa shape index (κ1) is 22.4. The lowest BCUT2D eigenvalue weighted by Gasteiger charge is -2.42. The Hall–Kier alpha value is -4.10. The van der Waals surface area contributed by atoms with Crippen LogP contribution in [0.4, 0.5) is 10.2 Å². The second kappa shape index (κ2) is 9.17. The van der Waals surface area contributed by atoms with Crippen LogP contribution in [0.1, 0.15) is 24.0 Å². The zero-order valence-corrected chi connectivity index (χ0v) is 19.7. The smallest absolute Gasteiger partial charge is 0.185 e. The molecule has 3 heterocycles. The van der Waals surface area contributed by atoms with Crippen LogP contribution >= 0.6 is 0 Å². The summed E-state index contributed by atoms with van der Waals surface area (Å²) in [7, 11) is 0. The van der Waals surface area contributed by atoms with Crippen LogP contribution < -0.4 is 4.90 Å². The van der Waals surface area contributed by atoms with Crippen LogP contribution in [-0.4, -0.2) is 38.0 Å². The molecule has 1 fully saturated rings. The molecule has 1 aliphatic heterocycles. The molecule has 0 bridgehead atoms. The third-order valence-corrected chi connectivity index (χ3v) is 7.19. The number of aliphatic hydroxyl groups is 1. The van der Waals surface area contributed by atoms with Gasteiger partial charge in [0, 0.05) is 18.7 Å². The highest BCUT2D eigenvalue weighted by Gasteiger charge is 2.41. The molecule has 0 aliphatic carbocycles. The molecule has 0 unspecified atom stereocenters. The van der Waals surface area contributed by atoms with E-state index >= 15 is 0 Å². The minimum atomic E-state index is -1.06. The Morgan fingerprint density at radius 1 is 0.750 bits per heavy atom. The molecule has 5 aromatic rings. The van der Waals surface area contributed by atoms with Gasteiger partial charge in [-0.15, -0.1) is 15.3 Å². The largest absolute Gasteiger partial charge is 0.380 e. The molecule has 6 rings (SSSR count). The second-order valence-corrected chi connectivity index (χ2v) is 9.25.